The highest BCUT2D eigenvalue weighted by Crippen LogP contribution is 2.55. The summed E-state index contributed by atoms with van der Waals surface area (Å²) in [5, 5.41) is 25.5. The van der Waals surface area contributed by atoms with E-state index in [0.717, 1.165) is 4.68 Å². The topological polar surface area (TPSA) is 114 Å². The fourth-order valence-electron chi connectivity index (χ4n) is 4.56. The van der Waals surface area contributed by atoms with Gasteiger partial charge in [0.05, 0.1) is 41.1 Å². The first-order valence-electron chi connectivity index (χ1n) is 12.9. The maximum atomic E-state index is 13.8. The highest BCUT2D eigenvalue weighted by Gasteiger charge is 2.66. The lowest BCUT2D eigenvalue weighted by molar-refractivity contribution is -0.182. The number of aromatic nitrogens is 5. The molecule has 41 heavy (non-hydrogen) atoms. The van der Waals surface area contributed by atoms with Crippen LogP contribution in [0.25, 0.3) is 10.9 Å². The zero-order chi connectivity index (χ0) is 29.6. The number of benzene rings is 1. The Morgan fingerprint density at radius 1 is 1.20 bits per heavy atom. The van der Waals surface area contributed by atoms with Crippen LogP contribution in [0.5, 0.6) is 5.88 Å². The number of hydrogen-bond donors (Lipinski definition) is 2. The Morgan fingerprint density at radius 3 is 2.59 bits per heavy atom. The zero-order valence-electron chi connectivity index (χ0n) is 22.8. The molecule has 9 nitrogen and oxygen atoms in total. The van der Waals surface area contributed by atoms with E-state index in [-0.39, 0.29) is 24.0 Å². The number of pyridine rings is 2. The van der Waals surface area contributed by atoms with Crippen LogP contribution in [0.1, 0.15) is 56.5 Å². The molecule has 1 atom stereocenters. The van der Waals surface area contributed by atoms with E-state index in [1.165, 1.54) is 25.7 Å². The Labute approximate surface area is 239 Å². The predicted octanol–water partition coefficient (Wildman–Crippen LogP) is 6.47. The van der Waals surface area contributed by atoms with E-state index in [4.69, 9.17) is 16.3 Å². The minimum absolute atomic E-state index is 0.0562. The SMILES string of the molecule is COc1cc(C(Nc2cc(Cl)c3ncc(C#N)c(NCC(C)(C)C)c3c2)c2cn(C3(C(F)(F)F)CC3)nn2)ccn1. The van der Waals surface area contributed by atoms with E-state index in [2.05, 4.69) is 57.8 Å². The number of nitrogens with zero attached hydrogens (tertiary/aromatic N) is 6. The van der Waals surface area contributed by atoms with Gasteiger partial charge in [-0.05, 0) is 42.0 Å². The van der Waals surface area contributed by atoms with Crippen molar-refractivity contribution in [2.45, 2.75) is 51.4 Å². The first kappa shape index (κ1) is 28.4. The predicted molar refractivity (Wildman–Crippen MR) is 149 cm³/mol. The summed E-state index contributed by atoms with van der Waals surface area (Å²) < 4.78 is 47.6. The van der Waals surface area contributed by atoms with Gasteiger partial charge in [-0.25, -0.2) is 9.67 Å². The van der Waals surface area contributed by atoms with Gasteiger partial charge >= 0.3 is 6.18 Å². The molecule has 5 rings (SSSR count). The van der Waals surface area contributed by atoms with Gasteiger partial charge in [0.2, 0.25) is 5.88 Å². The molecule has 0 radical (unpaired) electrons. The molecule has 3 heterocycles. The number of nitriles is 1. The summed E-state index contributed by atoms with van der Waals surface area (Å²) in [6, 6.07) is 8.29. The molecule has 13 heteroatoms. The number of hydrogen-bond acceptors (Lipinski definition) is 8. The Bertz CT molecular complexity index is 1640. The molecule has 1 aliphatic carbocycles. The van der Waals surface area contributed by atoms with Crippen molar-refractivity contribution in [3.05, 3.63) is 64.7 Å². The van der Waals surface area contributed by atoms with Gasteiger partial charge in [-0.15, -0.1) is 5.10 Å². The second-order valence-electron chi connectivity index (χ2n) is 11.3. The van der Waals surface area contributed by atoms with Crippen molar-refractivity contribution in [1.29, 1.82) is 5.26 Å². The average Bonchev–Trinajstić information content (AvgIpc) is 3.61. The minimum Gasteiger partial charge on any atom is -0.481 e. The van der Waals surface area contributed by atoms with E-state index in [1.807, 2.05) is 0 Å². The zero-order valence-corrected chi connectivity index (χ0v) is 23.6. The molecule has 0 spiro atoms. The van der Waals surface area contributed by atoms with Gasteiger partial charge in [-0.3, -0.25) is 4.98 Å². The third-order valence-electron chi connectivity index (χ3n) is 6.95. The van der Waals surface area contributed by atoms with Gasteiger partial charge < -0.3 is 15.4 Å². The first-order chi connectivity index (χ1) is 19.3. The van der Waals surface area contributed by atoms with Crippen LogP contribution in [0.3, 0.4) is 0 Å². The van der Waals surface area contributed by atoms with Crippen molar-refractivity contribution in [3.63, 3.8) is 0 Å². The Hall–Kier alpha value is -4.11. The largest absolute Gasteiger partial charge is 0.481 e. The van der Waals surface area contributed by atoms with Gasteiger partial charge in [-0.2, -0.15) is 18.4 Å². The third-order valence-corrected chi connectivity index (χ3v) is 7.24. The maximum Gasteiger partial charge on any atom is 0.413 e. The van der Waals surface area contributed by atoms with E-state index in [1.54, 1.807) is 24.3 Å². The van der Waals surface area contributed by atoms with Gasteiger partial charge in [-0.1, -0.05) is 37.6 Å². The molecule has 4 aromatic rings. The number of anilines is 2. The molecule has 3 aromatic heterocycles. The monoisotopic (exact) mass is 584 g/mol. The molecule has 2 N–H and O–H groups in total. The Morgan fingerprint density at radius 2 is 1.95 bits per heavy atom. The first-order valence-corrected chi connectivity index (χ1v) is 13.3. The number of rotatable bonds is 8. The summed E-state index contributed by atoms with van der Waals surface area (Å²) in [6.07, 6.45) is -0.228. The normalized spacial score (nSPS) is 15.3. The quantitative estimate of drug-likeness (QED) is 0.242. The van der Waals surface area contributed by atoms with Crippen LogP contribution in [0.2, 0.25) is 5.02 Å². The fraction of sp³-hybridized carbons (Fsp3) is 0.393. The summed E-state index contributed by atoms with van der Waals surface area (Å²) in [5.41, 5.74) is 0.758. The second-order valence-corrected chi connectivity index (χ2v) is 11.7. The highest BCUT2D eigenvalue weighted by atomic mass is 35.5. The Balaban J connectivity index is 1.60. The van der Waals surface area contributed by atoms with E-state index >= 15 is 0 Å². The minimum atomic E-state index is -4.45. The standard InChI is InChI=1S/C28H28ClF3N8O/c1-26(2,3)15-36-23-17(12-33)13-35-25-19(23)10-18(11-20(25)29)37-24(16-5-8-34-22(9-16)41-4)21-14-40(39-38-21)27(6-7-27)28(30,31)32/h5,8-11,13-14,24,37H,6-7,15H2,1-4H3,(H,35,36). The summed E-state index contributed by atoms with van der Waals surface area (Å²) in [7, 11) is 1.47. The van der Waals surface area contributed by atoms with Crippen LogP contribution in [0, 0.1) is 16.7 Å². The van der Waals surface area contributed by atoms with Gasteiger partial charge in [0.25, 0.3) is 0 Å². The lowest BCUT2D eigenvalue weighted by atomic mass is 9.96. The number of nitrogens with one attached hydrogen (secondary N) is 2. The second kappa shape index (κ2) is 10.4. The van der Waals surface area contributed by atoms with Gasteiger partial charge in [0.1, 0.15) is 11.8 Å². The number of alkyl halides is 3. The molecule has 0 bridgehead atoms. The van der Waals surface area contributed by atoms with Crippen molar-refractivity contribution in [2.24, 2.45) is 5.41 Å². The molecular formula is C28H28ClF3N8O. The van der Waals surface area contributed by atoms with Crippen molar-refractivity contribution >= 4 is 33.9 Å². The van der Waals surface area contributed by atoms with Gasteiger partial charge in [0, 0.05) is 36.1 Å². The third kappa shape index (κ3) is 5.59. The number of fused-ring (bicyclic) bond motifs is 1. The molecular weight excluding hydrogens is 557 g/mol. The summed E-state index contributed by atoms with van der Waals surface area (Å²) >= 11 is 6.67. The van der Waals surface area contributed by atoms with Crippen LogP contribution in [-0.2, 0) is 5.54 Å². The molecule has 1 unspecified atom stereocenters. The lowest BCUT2D eigenvalue weighted by Gasteiger charge is -2.22. The number of methoxy groups -OCH3 is 1. The summed E-state index contributed by atoms with van der Waals surface area (Å²) in [5.74, 6) is 0.323. The van der Waals surface area contributed by atoms with E-state index in [9.17, 15) is 18.4 Å². The van der Waals surface area contributed by atoms with E-state index in [0.29, 0.717) is 50.9 Å². The van der Waals surface area contributed by atoms with Gasteiger partial charge in [0.15, 0.2) is 5.54 Å². The van der Waals surface area contributed by atoms with Crippen molar-refractivity contribution in [3.8, 4) is 11.9 Å². The van der Waals surface area contributed by atoms with Crippen molar-refractivity contribution in [2.75, 3.05) is 24.3 Å². The molecule has 214 valence electrons. The molecule has 1 fully saturated rings. The molecule has 0 saturated heterocycles. The number of ether oxygens (including phenoxy) is 1. The van der Waals surface area contributed by atoms with Crippen molar-refractivity contribution in [1.82, 2.24) is 25.0 Å². The van der Waals surface area contributed by atoms with Crippen LogP contribution in [0.15, 0.2) is 42.9 Å². The van der Waals surface area contributed by atoms with Crippen LogP contribution in [-0.4, -0.2) is 44.8 Å². The molecule has 1 aromatic carbocycles. The summed E-state index contributed by atoms with van der Waals surface area (Å²) in [6.45, 7) is 6.79. The molecule has 1 saturated carbocycles. The number of halogens is 4. The Kier molecular flexibility index (Phi) is 7.19. The fourth-order valence-corrected chi connectivity index (χ4v) is 4.83. The molecule has 0 aliphatic heterocycles. The van der Waals surface area contributed by atoms with E-state index < -0.39 is 17.8 Å². The lowest BCUT2D eigenvalue weighted by Crippen LogP contribution is -2.35. The van der Waals surface area contributed by atoms with Crippen molar-refractivity contribution < 1.29 is 17.9 Å². The highest BCUT2D eigenvalue weighted by molar-refractivity contribution is 6.35. The molecule has 1 aliphatic rings. The van der Waals surface area contributed by atoms with Crippen LogP contribution >= 0.6 is 11.6 Å². The average molecular weight is 585 g/mol. The maximum absolute atomic E-state index is 13.8. The van der Waals surface area contributed by atoms with Crippen LogP contribution in [0.4, 0.5) is 24.5 Å². The summed E-state index contributed by atoms with van der Waals surface area (Å²) in [4.78, 5) is 8.54. The smallest absolute Gasteiger partial charge is 0.413 e. The molecule has 0 amide bonds. The van der Waals surface area contributed by atoms with Crippen LogP contribution < -0.4 is 15.4 Å².